The largest absolute Gasteiger partial charge is 0.493 e. The van der Waals surface area contributed by atoms with E-state index in [0.717, 1.165) is 30.9 Å². The zero-order chi connectivity index (χ0) is 15.9. The predicted octanol–water partition coefficient (Wildman–Crippen LogP) is 1.86. The van der Waals surface area contributed by atoms with E-state index in [9.17, 15) is 5.11 Å². The minimum Gasteiger partial charge on any atom is -0.493 e. The van der Waals surface area contributed by atoms with Gasteiger partial charge in [-0.1, -0.05) is 12.1 Å². The second kappa shape index (κ2) is 4.44. The molecule has 2 aliphatic heterocycles. The van der Waals surface area contributed by atoms with Crippen molar-refractivity contribution < 1.29 is 14.6 Å². The van der Waals surface area contributed by atoms with Crippen molar-refractivity contribution in [3.05, 3.63) is 34.9 Å². The van der Waals surface area contributed by atoms with Crippen LogP contribution in [0.4, 0.5) is 0 Å². The number of hydrogen-bond donors (Lipinski definition) is 1. The molecule has 0 radical (unpaired) electrons. The number of ether oxygens (including phenoxy) is 2. The van der Waals surface area contributed by atoms with Gasteiger partial charge in [-0.3, -0.25) is 4.90 Å². The van der Waals surface area contributed by atoms with Crippen LogP contribution in [0, 0.1) is 0 Å². The molecule has 4 nitrogen and oxygen atoms in total. The van der Waals surface area contributed by atoms with Gasteiger partial charge >= 0.3 is 0 Å². The lowest BCUT2D eigenvalue weighted by Crippen LogP contribution is -2.63. The summed E-state index contributed by atoms with van der Waals surface area (Å²) in [5.74, 6) is 1.57. The van der Waals surface area contributed by atoms with Gasteiger partial charge < -0.3 is 14.6 Å². The number of likely N-dealkylation sites (tertiary alicyclic amines) is 1. The number of nitrogens with zero attached hydrogens (tertiary/aromatic N) is 1. The first-order valence-electron chi connectivity index (χ1n) is 8.19. The number of likely N-dealkylation sites (N-methyl/N-ethyl adjacent to an activating group) is 1. The molecule has 1 N–H and O–H groups in total. The summed E-state index contributed by atoms with van der Waals surface area (Å²) in [4.78, 5) is 2.40. The Kier molecular flexibility index (Phi) is 2.73. The van der Waals surface area contributed by atoms with Crippen LogP contribution in [0.1, 0.15) is 17.5 Å². The topological polar surface area (TPSA) is 41.9 Å². The van der Waals surface area contributed by atoms with Crippen LogP contribution in [0.2, 0.25) is 0 Å². The van der Waals surface area contributed by atoms with E-state index in [1.807, 2.05) is 6.07 Å². The first kappa shape index (κ1) is 14.1. The Labute approximate surface area is 140 Å². The van der Waals surface area contributed by atoms with E-state index >= 15 is 0 Å². The third-order valence-corrected chi connectivity index (χ3v) is 6.64. The number of halogens is 1. The van der Waals surface area contributed by atoms with Crippen molar-refractivity contribution in [1.82, 2.24) is 4.90 Å². The number of aliphatic hydroxyl groups excluding tert-OH is 1. The molecule has 1 saturated heterocycles. The molecule has 2 heterocycles. The van der Waals surface area contributed by atoms with Crippen molar-refractivity contribution in [2.24, 2.45) is 0 Å². The van der Waals surface area contributed by atoms with Gasteiger partial charge in [-0.05, 0) is 43.6 Å². The average Bonchev–Trinajstić information content (AvgIpc) is 2.89. The lowest BCUT2D eigenvalue weighted by atomic mass is 9.56. The van der Waals surface area contributed by atoms with Crippen LogP contribution in [0.5, 0.6) is 11.5 Å². The molecule has 2 aliphatic carbocycles. The molecule has 0 aromatic heterocycles. The molecule has 0 amide bonds. The Morgan fingerprint density at radius 2 is 2.26 bits per heavy atom. The van der Waals surface area contributed by atoms with Gasteiger partial charge in [0.15, 0.2) is 11.5 Å². The van der Waals surface area contributed by atoms with Crippen molar-refractivity contribution in [3.63, 3.8) is 0 Å². The molecule has 0 unspecified atom stereocenters. The quantitative estimate of drug-likeness (QED) is 0.629. The molecule has 1 aromatic rings. The molecule has 5 rings (SSSR count). The van der Waals surface area contributed by atoms with Crippen molar-refractivity contribution in [1.29, 1.82) is 0 Å². The Bertz CT molecular complexity index is 733. The molecule has 122 valence electrons. The molecular formula is C18H20ClNO3. The summed E-state index contributed by atoms with van der Waals surface area (Å²) >= 11 is 6.44. The van der Waals surface area contributed by atoms with E-state index in [-0.39, 0.29) is 11.5 Å². The SMILES string of the molecule is COc1ccc2c3c1O[C@@H]1[C@@H](O)[C@@H](Cl)C=C4[C@@H](C2)N(C)CC[C@]431. The highest BCUT2D eigenvalue weighted by atomic mass is 35.5. The third-order valence-electron chi connectivity index (χ3n) is 6.26. The van der Waals surface area contributed by atoms with Crippen molar-refractivity contribution >= 4 is 11.6 Å². The van der Waals surface area contributed by atoms with Gasteiger partial charge in [0, 0.05) is 11.6 Å². The normalized spacial score (nSPS) is 40.3. The Hall–Kier alpha value is -1.23. The lowest BCUT2D eigenvalue weighted by Gasteiger charge is -2.54. The molecule has 0 saturated carbocycles. The number of piperidine rings is 1. The van der Waals surface area contributed by atoms with E-state index in [1.165, 1.54) is 16.7 Å². The van der Waals surface area contributed by atoms with Gasteiger partial charge in [0.05, 0.1) is 17.9 Å². The fourth-order valence-corrected chi connectivity index (χ4v) is 5.47. The monoisotopic (exact) mass is 333 g/mol. The lowest BCUT2D eigenvalue weighted by molar-refractivity contribution is -0.0105. The number of methoxy groups -OCH3 is 1. The number of rotatable bonds is 1. The van der Waals surface area contributed by atoms with Gasteiger partial charge in [-0.25, -0.2) is 0 Å². The Morgan fingerprint density at radius 1 is 1.43 bits per heavy atom. The van der Waals surface area contributed by atoms with Gasteiger partial charge in [0.25, 0.3) is 0 Å². The highest BCUT2D eigenvalue weighted by Gasteiger charge is 2.63. The minimum absolute atomic E-state index is 0.237. The van der Waals surface area contributed by atoms with Crippen molar-refractivity contribution in [3.8, 4) is 11.5 Å². The molecule has 5 atom stereocenters. The van der Waals surface area contributed by atoms with Crippen molar-refractivity contribution in [2.45, 2.75) is 41.9 Å². The first-order valence-corrected chi connectivity index (χ1v) is 8.63. The van der Waals surface area contributed by atoms with Crippen LogP contribution in [0.3, 0.4) is 0 Å². The summed E-state index contributed by atoms with van der Waals surface area (Å²) in [7, 11) is 3.84. The van der Waals surface area contributed by atoms with Crippen LogP contribution in [0.15, 0.2) is 23.8 Å². The second-order valence-electron chi connectivity index (χ2n) is 7.15. The highest BCUT2D eigenvalue weighted by Crippen LogP contribution is 2.62. The summed E-state index contributed by atoms with van der Waals surface area (Å²) < 4.78 is 11.8. The van der Waals surface area contributed by atoms with Crippen LogP contribution < -0.4 is 9.47 Å². The van der Waals surface area contributed by atoms with Gasteiger partial charge in [-0.15, -0.1) is 11.6 Å². The van der Waals surface area contributed by atoms with Crippen molar-refractivity contribution in [2.75, 3.05) is 20.7 Å². The van der Waals surface area contributed by atoms with Gasteiger partial charge in [-0.2, -0.15) is 0 Å². The zero-order valence-electron chi connectivity index (χ0n) is 13.3. The molecule has 5 heteroatoms. The van der Waals surface area contributed by atoms with Gasteiger partial charge in [0.1, 0.15) is 12.2 Å². The molecule has 1 spiro atoms. The minimum atomic E-state index is -0.701. The van der Waals surface area contributed by atoms with E-state index in [1.54, 1.807) is 7.11 Å². The standard InChI is InChI=1S/C18H20ClNO3/c1-20-6-5-18-10-8-11(19)15(21)17(18)23-16-13(22-2)4-3-9(14(16)18)7-12(10)20/h3-4,8,11-12,15,17,21H,5-7H2,1-2H3/t11-,12+,15-,17+,18-/m0/s1. The van der Waals surface area contributed by atoms with Crippen LogP contribution in [-0.4, -0.2) is 54.3 Å². The molecule has 1 fully saturated rings. The number of alkyl halides is 1. The smallest absolute Gasteiger partial charge is 0.166 e. The first-order chi connectivity index (χ1) is 11.1. The number of benzene rings is 1. The maximum atomic E-state index is 10.7. The maximum Gasteiger partial charge on any atom is 0.166 e. The third kappa shape index (κ3) is 1.50. The second-order valence-corrected chi connectivity index (χ2v) is 7.65. The van der Waals surface area contributed by atoms with Crippen LogP contribution >= 0.6 is 11.6 Å². The fraction of sp³-hybridized carbons (Fsp3) is 0.556. The summed E-state index contributed by atoms with van der Waals surface area (Å²) in [6.07, 6.45) is 2.99. The van der Waals surface area contributed by atoms with E-state index in [2.05, 4.69) is 24.1 Å². The van der Waals surface area contributed by atoms with E-state index in [0.29, 0.717) is 6.04 Å². The van der Waals surface area contributed by atoms with E-state index in [4.69, 9.17) is 21.1 Å². The molecule has 1 aromatic carbocycles. The zero-order valence-corrected chi connectivity index (χ0v) is 14.0. The summed E-state index contributed by atoms with van der Waals surface area (Å²) in [6.45, 7) is 0.998. The van der Waals surface area contributed by atoms with Crippen LogP contribution in [0.25, 0.3) is 0 Å². The summed E-state index contributed by atoms with van der Waals surface area (Å²) in [5.41, 5.74) is 3.65. The maximum absolute atomic E-state index is 10.7. The highest BCUT2D eigenvalue weighted by molar-refractivity contribution is 6.22. The van der Waals surface area contributed by atoms with E-state index < -0.39 is 11.5 Å². The van der Waals surface area contributed by atoms with Gasteiger partial charge in [0.2, 0.25) is 0 Å². The molecule has 2 bridgehead atoms. The summed E-state index contributed by atoms with van der Waals surface area (Å²) in [6, 6.07) is 4.49. The Morgan fingerprint density at radius 3 is 3.04 bits per heavy atom. The molecule has 4 aliphatic rings. The molecular weight excluding hydrogens is 314 g/mol. The van der Waals surface area contributed by atoms with Crippen LogP contribution in [-0.2, 0) is 11.8 Å². The fourth-order valence-electron chi connectivity index (χ4n) is 5.21. The predicted molar refractivity (Wildman–Crippen MR) is 87.6 cm³/mol. The molecule has 23 heavy (non-hydrogen) atoms. The number of hydrogen-bond acceptors (Lipinski definition) is 4. The summed E-state index contributed by atoms with van der Waals surface area (Å²) in [5, 5.41) is 10.3. The Balaban J connectivity index is 1.84. The average molecular weight is 334 g/mol. The number of aliphatic hydroxyl groups is 1.